The third-order valence-electron chi connectivity index (χ3n) is 6.91. The molecule has 0 saturated carbocycles. The number of amides is 1. The molecule has 0 bridgehead atoms. The monoisotopic (exact) mass is 485 g/mol. The van der Waals surface area contributed by atoms with E-state index in [1.54, 1.807) is 29.6 Å². The van der Waals surface area contributed by atoms with Crippen LogP contribution in [0.5, 0.6) is 0 Å². The van der Waals surface area contributed by atoms with Gasteiger partial charge in [0.05, 0.1) is 17.1 Å². The van der Waals surface area contributed by atoms with E-state index < -0.39 is 15.6 Å². The Bertz CT molecular complexity index is 1210. The molecule has 3 aliphatic rings. The number of nitrogens with zero attached hydrogens (tertiary/aromatic N) is 3. The van der Waals surface area contributed by atoms with Gasteiger partial charge >= 0.3 is 0 Å². The summed E-state index contributed by atoms with van der Waals surface area (Å²) in [6.07, 6.45) is 8.61. The summed E-state index contributed by atoms with van der Waals surface area (Å²) in [6.45, 7) is 4.89. The third-order valence-corrected chi connectivity index (χ3v) is 8.92. The van der Waals surface area contributed by atoms with Crippen LogP contribution >= 0.6 is 0 Å². The average Bonchev–Trinajstić information content (AvgIpc) is 3.31. The number of hydrogen-bond donors (Lipinski definition) is 2. The van der Waals surface area contributed by atoms with Gasteiger partial charge in [0.1, 0.15) is 5.82 Å². The summed E-state index contributed by atoms with van der Waals surface area (Å²) in [6, 6.07) is 5.28. The molecule has 34 heavy (non-hydrogen) atoms. The van der Waals surface area contributed by atoms with Crippen molar-refractivity contribution in [2.45, 2.75) is 49.6 Å². The molecule has 1 spiro atoms. The predicted octanol–water partition coefficient (Wildman–Crippen LogP) is 1.44. The second kappa shape index (κ2) is 9.26. The minimum Gasteiger partial charge on any atom is -0.371 e. The van der Waals surface area contributed by atoms with Gasteiger partial charge in [-0.15, -0.1) is 0 Å². The molecule has 10 heteroatoms. The largest absolute Gasteiger partial charge is 0.371 e. The van der Waals surface area contributed by atoms with Gasteiger partial charge in [0.2, 0.25) is 15.9 Å². The molecule has 1 amide bonds. The van der Waals surface area contributed by atoms with Gasteiger partial charge in [-0.25, -0.2) is 13.4 Å². The Morgan fingerprint density at radius 3 is 3.00 bits per heavy atom. The van der Waals surface area contributed by atoms with E-state index in [9.17, 15) is 13.2 Å². The molecule has 2 saturated heterocycles. The van der Waals surface area contributed by atoms with E-state index in [0.29, 0.717) is 55.2 Å². The average molecular weight is 486 g/mol. The number of aryl methyl sites for hydroxylation is 2. The maximum atomic E-state index is 13.5. The lowest BCUT2D eigenvalue weighted by Crippen LogP contribution is -2.59. The molecule has 5 rings (SSSR count). The topological polar surface area (TPSA) is 106 Å². The van der Waals surface area contributed by atoms with E-state index in [-0.39, 0.29) is 5.91 Å². The highest BCUT2D eigenvalue weighted by Crippen LogP contribution is 2.30. The molecule has 0 aliphatic carbocycles. The number of benzene rings is 1. The standard InChI is InChI=1S/C24H31N5O4S/c1-18-13-19(14-27-23(30)20-4-6-22-26-9-10-28(22)15-20)3-5-21(18)34(31,32)29-11-12-33-24(17-29)7-2-8-25-16-24/h3,5,9-10,13,15,25H,2,4,6-8,11-12,14,16-17H2,1H3,(H,27,30). The van der Waals surface area contributed by atoms with Gasteiger partial charge in [-0.05, 0) is 49.9 Å². The van der Waals surface area contributed by atoms with Crippen molar-refractivity contribution >= 4 is 22.1 Å². The number of carbonyl (C=O) groups excluding carboxylic acids is 1. The van der Waals surface area contributed by atoms with Gasteiger partial charge in [-0.3, -0.25) is 4.79 Å². The van der Waals surface area contributed by atoms with E-state index in [1.165, 1.54) is 0 Å². The molecule has 3 aliphatic heterocycles. The Balaban J connectivity index is 1.26. The van der Waals surface area contributed by atoms with E-state index in [0.717, 1.165) is 37.2 Å². The summed E-state index contributed by atoms with van der Waals surface area (Å²) in [5.41, 5.74) is 1.81. The summed E-state index contributed by atoms with van der Waals surface area (Å²) in [5.74, 6) is 0.836. The number of ether oxygens (including phenoxy) is 1. The Labute approximate surface area is 200 Å². The molecule has 1 aromatic heterocycles. The fraction of sp³-hybridized carbons (Fsp3) is 0.500. The van der Waals surface area contributed by atoms with Gasteiger partial charge < -0.3 is 19.9 Å². The van der Waals surface area contributed by atoms with Crippen LogP contribution in [0.15, 0.2) is 41.1 Å². The first-order valence-electron chi connectivity index (χ1n) is 11.8. The van der Waals surface area contributed by atoms with Crippen LogP contribution in [0.3, 0.4) is 0 Å². The van der Waals surface area contributed by atoms with Crippen molar-refractivity contribution in [3.05, 3.63) is 53.1 Å². The second-order valence-corrected chi connectivity index (χ2v) is 11.2. The first-order chi connectivity index (χ1) is 16.4. The molecule has 2 aromatic rings. The Morgan fingerprint density at radius 1 is 1.32 bits per heavy atom. The van der Waals surface area contributed by atoms with Crippen molar-refractivity contribution in [2.24, 2.45) is 0 Å². The molecular formula is C24H31N5O4S. The third kappa shape index (κ3) is 4.55. The molecule has 1 unspecified atom stereocenters. The highest BCUT2D eigenvalue weighted by molar-refractivity contribution is 7.89. The lowest BCUT2D eigenvalue weighted by Gasteiger charge is -2.44. The van der Waals surface area contributed by atoms with Crippen molar-refractivity contribution < 1.29 is 17.9 Å². The Morgan fingerprint density at radius 2 is 2.21 bits per heavy atom. The first kappa shape index (κ1) is 23.2. The number of hydrogen-bond acceptors (Lipinski definition) is 6. The van der Waals surface area contributed by atoms with Crippen LogP contribution < -0.4 is 10.6 Å². The van der Waals surface area contributed by atoms with Crippen molar-refractivity contribution in [3.63, 3.8) is 0 Å². The lowest BCUT2D eigenvalue weighted by molar-refractivity contribution is -0.117. The SMILES string of the molecule is Cc1cc(CNC(=O)C2=Cn3ccnc3CC2)ccc1S(=O)(=O)N1CCOC2(CCCNC2)C1. The van der Waals surface area contributed by atoms with Crippen molar-refractivity contribution in [1.82, 2.24) is 24.5 Å². The summed E-state index contributed by atoms with van der Waals surface area (Å²) in [4.78, 5) is 17.2. The molecule has 1 atom stereocenters. The maximum Gasteiger partial charge on any atom is 0.248 e. The van der Waals surface area contributed by atoms with Crippen molar-refractivity contribution in [2.75, 3.05) is 32.8 Å². The molecule has 9 nitrogen and oxygen atoms in total. The number of imidazole rings is 1. The van der Waals surface area contributed by atoms with Crippen LogP contribution in [-0.4, -0.2) is 66.6 Å². The fourth-order valence-electron chi connectivity index (χ4n) is 5.07. The quantitative estimate of drug-likeness (QED) is 0.664. The Hall–Kier alpha value is -2.53. The number of piperidine rings is 1. The van der Waals surface area contributed by atoms with Crippen LogP contribution in [0.1, 0.15) is 36.2 Å². The minimum absolute atomic E-state index is 0.117. The number of aromatic nitrogens is 2. The van der Waals surface area contributed by atoms with Gasteiger partial charge in [0, 0.05) is 56.8 Å². The predicted molar refractivity (Wildman–Crippen MR) is 127 cm³/mol. The number of morpholine rings is 1. The van der Waals surface area contributed by atoms with Crippen molar-refractivity contribution in [3.8, 4) is 0 Å². The number of rotatable bonds is 5. The highest BCUT2D eigenvalue weighted by atomic mass is 32.2. The van der Waals surface area contributed by atoms with E-state index in [1.807, 2.05) is 23.0 Å². The van der Waals surface area contributed by atoms with Crippen LogP contribution in [0.2, 0.25) is 0 Å². The van der Waals surface area contributed by atoms with Gasteiger partial charge in [0.15, 0.2) is 0 Å². The van der Waals surface area contributed by atoms with Crippen LogP contribution in [0.25, 0.3) is 6.20 Å². The van der Waals surface area contributed by atoms with Crippen LogP contribution in [-0.2, 0) is 32.5 Å². The highest BCUT2D eigenvalue weighted by Gasteiger charge is 2.42. The molecule has 0 radical (unpaired) electrons. The fourth-order valence-corrected chi connectivity index (χ4v) is 6.77. The smallest absolute Gasteiger partial charge is 0.248 e. The first-order valence-corrected chi connectivity index (χ1v) is 13.3. The Kier molecular flexibility index (Phi) is 6.32. The summed E-state index contributed by atoms with van der Waals surface area (Å²) in [5, 5.41) is 6.29. The summed E-state index contributed by atoms with van der Waals surface area (Å²) in [7, 11) is -3.64. The molecular weight excluding hydrogens is 454 g/mol. The summed E-state index contributed by atoms with van der Waals surface area (Å²) < 4.78 is 36.4. The van der Waals surface area contributed by atoms with Gasteiger partial charge in [-0.2, -0.15) is 4.31 Å². The summed E-state index contributed by atoms with van der Waals surface area (Å²) >= 11 is 0. The zero-order chi connectivity index (χ0) is 23.8. The lowest BCUT2D eigenvalue weighted by atomic mass is 9.93. The number of carbonyl (C=O) groups is 1. The normalized spacial score (nSPS) is 23.4. The van der Waals surface area contributed by atoms with E-state index in [4.69, 9.17) is 4.74 Å². The zero-order valence-electron chi connectivity index (χ0n) is 19.4. The minimum atomic E-state index is -3.64. The maximum absolute atomic E-state index is 13.5. The molecule has 182 valence electrons. The number of nitrogens with one attached hydrogen (secondary N) is 2. The molecule has 2 fully saturated rings. The van der Waals surface area contributed by atoms with Gasteiger partial charge in [0.25, 0.3) is 0 Å². The van der Waals surface area contributed by atoms with Crippen molar-refractivity contribution in [1.29, 1.82) is 0 Å². The molecule has 1 aromatic carbocycles. The second-order valence-electron chi connectivity index (χ2n) is 9.34. The molecule has 4 heterocycles. The van der Waals surface area contributed by atoms with Crippen LogP contribution in [0.4, 0.5) is 0 Å². The molecule has 2 N–H and O–H groups in total. The number of sulfonamides is 1. The zero-order valence-corrected chi connectivity index (χ0v) is 20.2. The van der Waals surface area contributed by atoms with Gasteiger partial charge in [-0.1, -0.05) is 12.1 Å². The van der Waals surface area contributed by atoms with E-state index >= 15 is 0 Å². The van der Waals surface area contributed by atoms with E-state index in [2.05, 4.69) is 15.6 Å². The number of fused-ring (bicyclic) bond motifs is 1. The van der Waals surface area contributed by atoms with Crippen LogP contribution in [0, 0.1) is 6.92 Å².